The fourth-order valence-electron chi connectivity index (χ4n) is 2.03. The minimum absolute atomic E-state index is 0.0199. The lowest BCUT2D eigenvalue weighted by Crippen LogP contribution is -2.26. The Kier molecular flexibility index (Phi) is 3.91. The molecule has 1 aliphatic carbocycles. The van der Waals surface area contributed by atoms with E-state index in [4.69, 9.17) is 5.73 Å². The van der Waals surface area contributed by atoms with Gasteiger partial charge in [0, 0.05) is 20.9 Å². The predicted molar refractivity (Wildman–Crippen MR) is 77.8 cm³/mol. The predicted octanol–water partition coefficient (Wildman–Crippen LogP) is 2.79. The fraction of sp³-hybridized carbons (Fsp3) is 0.462. The van der Waals surface area contributed by atoms with E-state index in [9.17, 15) is 4.79 Å². The molecule has 1 amide bonds. The molecule has 3 N–H and O–H groups in total. The summed E-state index contributed by atoms with van der Waals surface area (Å²) in [5.74, 6) is 0.711. The van der Waals surface area contributed by atoms with Crippen LogP contribution in [0.2, 0.25) is 0 Å². The van der Waals surface area contributed by atoms with Crippen LogP contribution < -0.4 is 11.1 Å². The molecule has 1 saturated carbocycles. The molecule has 0 saturated heterocycles. The zero-order chi connectivity index (χ0) is 12.4. The summed E-state index contributed by atoms with van der Waals surface area (Å²) in [7, 11) is 0. The molecule has 0 spiro atoms. The van der Waals surface area contributed by atoms with Crippen molar-refractivity contribution >= 4 is 34.2 Å². The molecule has 0 bridgehead atoms. The molecular weight excluding hydrogens is 327 g/mol. The lowest BCUT2D eigenvalue weighted by Gasteiger charge is -2.06. The first-order valence-electron chi connectivity index (χ1n) is 5.97. The quantitative estimate of drug-likeness (QED) is 0.652. The van der Waals surface area contributed by atoms with Gasteiger partial charge in [0.25, 0.3) is 5.91 Å². The van der Waals surface area contributed by atoms with Crippen LogP contribution in [0.1, 0.15) is 36.5 Å². The molecule has 1 aromatic rings. The van der Waals surface area contributed by atoms with Crippen LogP contribution in [-0.4, -0.2) is 11.9 Å². The summed E-state index contributed by atoms with van der Waals surface area (Å²) < 4.78 is 0.927. The lowest BCUT2D eigenvalue weighted by molar-refractivity contribution is 0.0949. The van der Waals surface area contributed by atoms with E-state index in [1.807, 2.05) is 6.07 Å². The normalized spacial score (nSPS) is 22.2. The van der Waals surface area contributed by atoms with Crippen molar-refractivity contribution in [3.8, 4) is 0 Å². The number of anilines is 1. The Morgan fingerprint density at radius 3 is 3.00 bits per heavy atom. The van der Waals surface area contributed by atoms with Gasteiger partial charge >= 0.3 is 0 Å². The zero-order valence-corrected chi connectivity index (χ0v) is 12.0. The molecule has 3 nitrogen and oxygen atoms in total. The second-order valence-corrected chi connectivity index (χ2v) is 5.76. The highest BCUT2D eigenvalue weighted by Crippen LogP contribution is 2.34. The number of benzene rings is 1. The summed E-state index contributed by atoms with van der Waals surface area (Å²) in [6.07, 6.45) is 3.53. The molecule has 17 heavy (non-hydrogen) atoms. The van der Waals surface area contributed by atoms with Crippen LogP contribution in [0.4, 0.5) is 5.69 Å². The van der Waals surface area contributed by atoms with Gasteiger partial charge in [0.05, 0.1) is 0 Å². The van der Waals surface area contributed by atoms with Gasteiger partial charge in [0.1, 0.15) is 0 Å². The summed E-state index contributed by atoms with van der Waals surface area (Å²) in [5.41, 5.74) is 7.14. The van der Waals surface area contributed by atoms with E-state index < -0.39 is 0 Å². The van der Waals surface area contributed by atoms with Crippen LogP contribution in [0, 0.1) is 9.49 Å². The Balaban J connectivity index is 1.94. The van der Waals surface area contributed by atoms with Gasteiger partial charge in [-0.3, -0.25) is 4.79 Å². The highest BCUT2D eigenvalue weighted by Gasteiger charge is 2.37. The van der Waals surface area contributed by atoms with Gasteiger partial charge < -0.3 is 11.1 Å². The number of nitrogens with one attached hydrogen (secondary N) is 1. The molecule has 2 atom stereocenters. The number of carbonyl (C=O) groups is 1. The monoisotopic (exact) mass is 344 g/mol. The van der Waals surface area contributed by atoms with Crippen molar-refractivity contribution in [2.45, 2.75) is 32.2 Å². The Bertz CT molecular complexity index is 433. The molecule has 0 aromatic heterocycles. The van der Waals surface area contributed by atoms with Crippen molar-refractivity contribution in [2.75, 3.05) is 5.73 Å². The number of carbonyl (C=O) groups excluding carboxylic acids is 1. The number of nitrogen functional groups attached to an aromatic ring is 1. The third-order valence-electron chi connectivity index (χ3n) is 3.16. The van der Waals surface area contributed by atoms with E-state index in [-0.39, 0.29) is 5.91 Å². The fourth-order valence-corrected chi connectivity index (χ4v) is 2.55. The van der Waals surface area contributed by atoms with Crippen molar-refractivity contribution in [1.29, 1.82) is 0 Å². The minimum Gasteiger partial charge on any atom is -0.398 e. The number of halogens is 1. The summed E-state index contributed by atoms with van der Waals surface area (Å²) in [6.45, 7) is 2.18. The average molecular weight is 344 g/mol. The maximum atomic E-state index is 12.0. The molecule has 4 heteroatoms. The lowest BCUT2D eigenvalue weighted by atomic mass is 10.2. The second-order valence-electron chi connectivity index (χ2n) is 4.60. The van der Waals surface area contributed by atoms with Gasteiger partial charge in [-0.05, 0) is 59.5 Å². The molecule has 1 aromatic carbocycles. The number of nitrogens with two attached hydrogens (primary N) is 1. The van der Waals surface area contributed by atoms with Crippen LogP contribution >= 0.6 is 22.6 Å². The van der Waals surface area contributed by atoms with Crippen molar-refractivity contribution in [1.82, 2.24) is 5.32 Å². The standard InChI is InChI=1S/C13H17IN2O/c1-2-3-8-7-12(8)16-13(17)9-4-5-11(15)10(14)6-9/h4-6,8,12H,2-3,7,15H2,1H3,(H,16,17). The minimum atomic E-state index is 0.0199. The van der Waals surface area contributed by atoms with Gasteiger partial charge in [0.2, 0.25) is 0 Å². The number of amides is 1. The van der Waals surface area contributed by atoms with Crippen LogP contribution in [0.3, 0.4) is 0 Å². The first-order chi connectivity index (χ1) is 8.11. The molecule has 1 fully saturated rings. The average Bonchev–Trinajstić information content (AvgIpc) is 3.01. The second kappa shape index (κ2) is 5.25. The number of hydrogen-bond donors (Lipinski definition) is 2. The van der Waals surface area contributed by atoms with Crippen LogP contribution in [0.25, 0.3) is 0 Å². The Hall–Kier alpha value is -0.780. The highest BCUT2D eigenvalue weighted by atomic mass is 127. The van der Waals surface area contributed by atoms with Crippen LogP contribution in [0.5, 0.6) is 0 Å². The first kappa shape index (κ1) is 12.7. The first-order valence-corrected chi connectivity index (χ1v) is 7.05. The number of hydrogen-bond acceptors (Lipinski definition) is 2. The molecule has 2 unspecified atom stereocenters. The van der Waals surface area contributed by atoms with E-state index in [1.54, 1.807) is 12.1 Å². The van der Waals surface area contributed by atoms with Gasteiger partial charge in [0.15, 0.2) is 0 Å². The van der Waals surface area contributed by atoms with Gasteiger partial charge in [-0.25, -0.2) is 0 Å². The summed E-state index contributed by atoms with van der Waals surface area (Å²) >= 11 is 2.15. The smallest absolute Gasteiger partial charge is 0.251 e. The maximum absolute atomic E-state index is 12.0. The van der Waals surface area contributed by atoms with Crippen LogP contribution in [-0.2, 0) is 0 Å². The van der Waals surface area contributed by atoms with Crippen molar-refractivity contribution < 1.29 is 4.79 Å². The van der Waals surface area contributed by atoms with Crippen LogP contribution in [0.15, 0.2) is 18.2 Å². The molecule has 2 rings (SSSR count). The summed E-state index contributed by atoms with van der Waals surface area (Å²) in [5, 5.41) is 3.07. The van der Waals surface area contributed by atoms with E-state index in [1.165, 1.54) is 12.8 Å². The maximum Gasteiger partial charge on any atom is 0.251 e. The molecule has 0 radical (unpaired) electrons. The highest BCUT2D eigenvalue weighted by molar-refractivity contribution is 14.1. The summed E-state index contributed by atoms with van der Waals surface area (Å²) in [4.78, 5) is 12.0. The Morgan fingerprint density at radius 2 is 2.35 bits per heavy atom. The molecule has 92 valence electrons. The Labute approximate surface area is 115 Å². The van der Waals surface area contributed by atoms with Crippen molar-refractivity contribution in [3.63, 3.8) is 0 Å². The van der Waals surface area contributed by atoms with E-state index in [0.717, 1.165) is 15.7 Å². The van der Waals surface area contributed by atoms with E-state index >= 15 is 0 Å². The SMILES string of the molecule is CCCC1CC1NC(=O)c1ccc(N)c(I)c1. The number of rotatable bonds is 4. The van der Waals surface area contributed by atoms with Crippen molar-refractivity contribution in [3.05, 3.63) is 27.3 Å². The summed E-state index contributed by atoms with van der Waals surface area (Å²) in [6, 6.07) is 5.79. The van der Waals surface area contributed by atoms with Gasteiger partial charge in [-0.15, -0.1) is 0 Å². The molecule has 0 aliphatic heterocycles. The third kappa shape index (κ3) is 3.12. The molecular formula is C13H17IN2O. The van der Waals surface area contributed by atoms with Gasteiger partial charge in [-0.2, -0.15) is 0 Å². The third-order valence-corrected chi connectivity index (χ3v) is 4.10. The molecule has 0 heterocycles. The largest absolute Gasteiger partial charge is 0.398 e. The zero-order valence-electron chi connectivity index (χ0n) is 9.87. The Morgan fingerprint density at radius 1 is 1.59 bits per heavy atom. The van der Waals surface area contributed by atoms with E-state index in [2.05, 4.69) is 34.8 Å². The molecule has 1 aliphatic rings. The van der Waals surface area contributed by atoms with E-state index in [0.29, 0.717) is 17.5 Å². The van der Waals surface area contributed by atoms with Crippen molar-refractivity contribution in [2.24, 2.45) is 5.92 Å². The topological polar surface area (TPSA) is 55.1 Å². The van der Waals surface area contributed by atoms with Gasteiger partial charge in [-0.1, -0.05) is 13.3 Å².